The number of hydrogen-bond acceptors (Lipinski definition) is 3. The summed E-state index contributed by atoms with van der Waals surface area (Å²) < 4.78 is 0. The highest BCUT2D eigenvalue weighted by molar-refractivity contribution is 4.86. The summed E-state index contributed by atoms with van der Waals surface area (Å²) in [5, 5.41) is 12.5. The Hall–Kier alpha value is -0.590. The van der Waals surface area contributed by atoms with E-state index in [0.717, 1.165) is 26.1 Å². The third-order valence-electron chi connectivity index (χ3n) is 3.53. The molecular formula is C14H27N3. The Bertz CT molecular complexity index is 238. The van der Waals surface area contributed by atoms with E-state index in [-0.39, 0.29) is 0 Å². The Morgan fingerprint density at radius 2 is 2.24 bits per heavy atom. The first-order valence-corrected chi connectivity index (χ1v) is 7.01. The summed E-state index contributed by atoms with van der Waals surface area (Å²) in [5.74, 6) is 0.671. The fourth-order valence-electron chi connectivity index (χ4n) is 2.67. The standard InChI is InChI=1S/C14H27N3/c1-4-14(7-8-15)17(10-12(2)3)11-13-6-5-9-16-13/h12-14,16H,4-7,9-11H2,1-3H3. The van der Waals surface area contributed by atoms with Gasteiger partial charge in [-0.1, -0.05) is 20.8 Å². The van der Waals surface area contributed by atoms with Gasteiger partial charge < -0.3 is 5.32 Å². The molecule has 1 saturated heterocycles. The van der Waals surface area contributed by atoms with Gasteiger partial charge in [0.05, 0.1) is 12.5 Å². The molecule has 0 bridgehead atoms. The van der Waals surface area contributed by atoms with E-state index in [0.29, 0.717) is 24.4 Å². The lowest BCUT2D eigenvalue weighted by Gasteiger charge is -2.33. The molecule has 3 heteroatoms. The van der Waals surface area contributed by atoms with Crippen LogP contribution in [0.25, 0.3) is 0 Å². The van der Waals surface area contributed by atoms with Gasteiger partial charge in [0.1, 0.15) is 0 Å². The second kappa shape index (κ2) is 7.68. The van der Waals surface area contributed by atoms with Gasteiger partial charge in [-0.05, 0) is 31.7 Å². The van der Waals surface area contributed by atoms with Gasteiger partial charge in [0.25, 0.3) is 0 Å². The Morgan fingerprint density at radius 3 is 2.71 bits per heavy atom. The molecular weight excluding hydrogens is 210 g/mol. The molecule has 2 atom stereocenters. The van der Waals surface area contributed by atoms with E-state index in [1.54, 1.807) is 0 Å². The number of nitrogens with zero attached hydrogens (tertiary/aromatic N) is 2. The first kappa shape index (κ1) is 14.5. The molecule has 1 fully saturated rings. The Kier molecular flexibility index (Phi) is 6.54. The summed E-state index contributed by atoms with van der Waals surface area (Å²) in [6.45, 7) is 10.1. The van der Waals surface area contributed by atoms with Crippen LogP contribution in [0.15, 0.2) is 0 Å². The maximum Gasteiger partial charge on any atom is 0.0638 e. The van der Waals surface area contributed by atoms with Gasteiger partial charge in [-0.2, -0.15) is 5.26 Å². The van der Waals surface area contributed by atoms with Gasteiger partial charge in [0.15, 0.2) is 0 Å². The van der Waals surface area contributed by atoms with Crippen molar-refractivity contribution in [2.75, 3.05) is 19.6 Å². The molecule has 0 aromatic rings. The van der Waals surface area contributed by atoms with Gasteiger partial charge in [-0.3, -0.25) is 4.90 Å². The molecule has 1 N–H and O–H groups in total. The van der Waals surface area contributed by atoms with Crippen LogP contribution in [0.3, 0.4) is 0 Å². The molecule has 17 heavy (non-hydrogen) atoms. The van der Waals surface area contributed by atoms with Crippen molar-refractivity contribution in [3.63, 3.8) is 0 Å². The fraction of sp³-hybridized carbons (Fsp3) is 0.929. The Balaban J connectivity index is 2.54. The molecule has 98 valence electrons. The van der Waals surface area contributed by atoms with E-state index in [1.807, 2.05) is 0 Å². The van der Waals surface area contributed by atoms with Crippen molar-refractivity contribution < 1.29 is 0 Å². The minimum Gasteiger partial charge on any atom is -0.313 e. The molecule has 1 heterocycles. The zero-order chi connectivity index (χ0) is 12.7. The van der Waals surface area contributed by atoms with Gasteiger partial charge in [0.2, 0.25) is 0 Å². The molecule has 0 aliphatic carbocycles. The number of nitriles is 1. The predicted molar refractivity (Wildman–Crippen MR) is 71.7 cm³/mol. The normalized spacial score (nSPS) is 22.0. The topological polar surface area (TPSA) is 39.1 Å². The lowest BCUT2D eigenvalue weighted by Crippen LogP contribution is -2.44. The van der Waals surface area contributed by atoms with Crippen molar-refractivity contribution in [1.29, 1.82) is 5.26 Å². The monoisotopic (exact) mass is 237 g/mol. The van der Waals surface area contributed by atoms with E-state index >= 15 is 0 Å². The van der Waals surface area contributed by atoms with Crippen molar-refractivity contribution in [2.24, 2.45) is 5.92 Å². The molecule has 0 aromatic heterocycles. The SMILES string of the molecule is CCC(CC#N)N(CC(C)C)CC1CCCN1. The quantitative estimate of drug-likeness (QED) is 0.739. The molecule has 2 unspecified atom stereocenters. The van der Waals surface area contributed by atoms with Crippen LogP contribution in [0.1, 0.15) is 46.5 Å². The summed E-state index contributed by atoms with van der Waals surface area (Å²) in [4.78, 5) is 2.52. The highest BCUT2D eigenvalue weighted by Gasteiger charge is 2.23. The van der Waals surface area contributed by atoms with E-state index in [9.17, 15) is 0 Å². The zero-order valence-corrected chi connectivity index (χ0v) is 11.6. The zero-order valence-electron chi connectivity index (χ0n) is 11.6. The molecule has 1 aliphatic rings. The maximum absolute atomic E-state index is 8.92. The van der Waals surface area contributed by atoms with Crippen LogP contribution < -0.4 is 5.32 Å². The molecule has 0 spiro atoms. The van der Waals surface area contributed by atoms with E-state index in [4.69, 9.17) is 5.26 Å². The molecule has 0 amide bonds. The third-order valence-corrected chi connectivity index (χ3v) is 3.53. The summed E-state index contributed by atoms with van der Waals surface area (Å²) in [6, 6.07) is 3.41. The van der Waals surface area contributed by atoms with Crippen LogP contribution in [0.5, 0.6) is 0 Å². The van der Waals surface area contributed by atoms with Crippen LogP contribution in [-0.4, -0.2) is 36.6 Å². The van der Waals surface area contributed by atoms with Crippen LogP contribution in [0.2, 0.25) is 0 Å². The summed E-state index contributed by atoms with van der Waals surface area (Å²) in [7, 11) is 0. The van der Waals surface area contributed by atoms with E-state index in [1.165, 1.54) is 12.8 Å². The summed E-state index contributed by atoms with van der Waals surface area (Å²) >= 11 is 0. The lowest BCUT2D eigenvalue weighted by atomic mass is 10.1. The minimum atomic E-state index is 0.435. The van der Waals surface area contributed by atoms with Crippen LogP contribution in [0.4, 0.5) is 0 Å². The van der Waals surface area contributed by atoms with Crippen LogP contribution >= 0.6 is 0 Å². The molecule has 3 nitrogen and oxygen atoms in total. The first-order valence-electron chi connectivity index (χ1n) is 7.01. The Labute approximate surface area is 106 Å². The van der Waals surface area contributed by atoms with Crippen molar-refractivity contribution >= 4 is 0 Å². The molecule has 1 rings (SSSR count). The number of nitrogens with one attached hydrogen (secondary N) is 1. The van der Waals surface area contributed by atoms with Crippen molar-refractivity contribution in [1.82, 2.24) is 10.2 Å². The average Bonchev–Trinajstić information content (AvgIpc) is 2.77. The maximum atomic E-state index is 8.92. The average molecular weight is 237 g/mol. The smallest absolute Gasteiger partial charge is 0.0638 e. The number of hydrogen-bond donors (Lipinski definition) is 1. The van der Waals surface area contributed by atoms with Gasteiger partial charge >= 0.3 is 0 Å². The van der Waals surface area contributed by atoms with E-state index in [2.05, 4.69) is 37.1 Å². The molecule has 0 aromatic carbocycles. The van der Waals surface area contributed by atoms with Crippen LogP contribution in [0, 0.1) is 17.2 Å². The predicted octanol–water partition coefficient (Wildman–Crippen LogP) is 2.39. The molecule has 0 radical (unpaired) electrons. The second-order valence-corrected chi connectivity index (χ2v) is 5.57. The largest absolute Gasteiger partial charge is 0.313 e. The second-order valence-electron chi connectivity index (χ2n) is 5.57. The van der Waals surface area contributed by atoms with E-state index < -0.39 is 0 Å². The van der Waals surface area contributed by atoms with Crippen molar-refractivity contribution in [3.05, 3.63) is 0 Å². The minimum absolute atomic E-state index is 0.435. The molecule has 0 saturated carbocycles. The lowest BCUT2D eigenvalue weighted by molar-refractivity contribution is 0.158. The summed E-state index contributed by atoms with van der Waals surface area (Å²) in [6.07, 6.45) is 4.33. The van der Waals surface area contributed by atoms with Gasteiger partial charge in [-0.15, -0.1) is 0 Å². The number of rotatable bonds is 7. The Morgan fingerprint density at radius 1 is 1.47 bits per heavy atom. The van der Waals surface area contributed by atoms with Gasteiger partial charge in [0, 0.05) is 25.2 Å². The highest BCUT2D eigenvalue weighted by Crippen LogP contribution is 2.15. The highest BCUT2D eigenvalue weighted by atomic mass is 15.2. The third kappa shape index (κ3) is 5.06. The summed E-state index contributed by atoms with van der Waals surface area (Å²) in [5.41, 5.74) is 0. The molecule has 1 aliphatic heterocycles. The van der Waals surface area contributed by atoms with Gasteiger partial charge in [-0.25, -0.2) is 0 Å². The van der Waals surface area contributed by atoms with Crippen LogP contribution in [-0.2, 0) is 0 Å². The fourth-order valence-corrected chi connectivity index (χ4v) is 2.67. The van der Waals surface area contributed by atoms with Crippen molar-refractivity contribution in [3.8, 4) is 6.07 Å². The van der Waals surface area contributed by atoms with Crippen molar-refractivity contribution in [2.45, 2.75) is 58.5 Å². The first-order chi connectivity index (χ1) is 8.17.